The molecule has 0 saturated carbocycles. The summed E-state index contributed by atoms with van der Waals surface area (Å²) >= 11 is 1.26. The monoisotopic (exact) mass is 467 g/mol. The van der Waals surface area contributed by atoms with Crippen LogP contribution < -0.4 is 10.6 Å². The summed E-state index contributed by atoms with van der Waals surface area (Å²) in [6.07, 6.45) is 0. The van der Waals surface area contributed by atoms with Gasteiger partial charge >= 0.3 is 5.97 Å². The third kappa shape index (κ3) is 6.19. The number of benzene rings is 2. The number of thioether (sulfide) groups is 1. The molecule has 2 aromatic carbocycles. The van der Waals surface area contributed by atoms with Crippen molar-refractivity contribution in [1.82, 2.24) is 20.1 Å². The van der Waals surface area contributed by atoms with Crippen LogP contribution in [0.25, 0.3) is 0 Å². The van der Waals surface area contributed by atoms with Crippen molar-refractivity contribution in [3.05, 3.63) is 71.0 Å². The fourth-order valence-corrected chi connectivity index (χ4v) is 3.91. The Hall–Kier alpha value is -3.66. The van der Waals surface area contributed by atoms with Crippen LogP contribution in [0.5, 0.6) is 0 Å². The molecule has 0 aliphatic carbocycles. The lowest BCUT2D eigenvalue weighted by Gasteiger charge is -2.10. The average molecular weight is 468 g/mol. The minimum Gasteiger partial charge on any atom is -0.465 e. The van der Waals surface area contributed by atoms with Gasteiger partial charge in [-0.25, -0.2) is 4.79 Å². The normalized spacial score (nSPS) is 10.5. The van der Waals surface area contributed by atoms with Crippen LogP contribution in [0.2, 0.25) is 0 Å². The number of carbonyl (C=O) groups is 3. The molecule has 0 fully saturated rings. The first kappa shape index (κ1) is 24.0. The molecule has 0 saturated heterocycles. The van der Waals surface area contributed by atoms with Gasteiger partial charge in [-0.05, 0) is 49.7 Å². The van der Waals surface area contributed by atoms with E-state index in [1.54, 1.807) is 30.3 Å². The van der Waals surface area contributed by atoms with Gasteiger partial charge in [0.1, 0.15) is 0 Å². The van der Waals surface area contributed by atoms with Gasteiger partial charge in [0.15, 0.2) is 11.0 Å². The number of nitrogens with one attached hydrogen (secondary N) is 2. The van der Waals surface area contributed by atoms with Gasteiger partial charge < -0.3 is 19.9 Å². The minimum atomic E-state index is -0.437. The van der Waals surface area contributed by atoms with Gasteiger partial charge in [-0.1, -0.05) is 30.0 Å². The van der Waals surface area contributed by atoms with E-state index < -0.39 is 5.97 Å². The summed E-state index contributed by atoms with van der Waals surface area (Å²) < 4.78 is 6.52. The van der Waals surface area contributed by atoms with E-state index in [0.717, 1.165) is 5.56 Å². The Balaban J connectivity index is 1.55. The maximum Gasteiger partial charge on any atom is 0.337 e. The summed E-state index contributed by atoms with van der Waals surface area (Å²) in [5.41, 5.74) is 2.49. The maximum atomic E-state index is 12.5. The first-order valence-electron chi connectivity index (χ1n) is 10.3. The summed E-state index contributed by atoms with van der Waals surface area (Å²) in [5, 5.41) is 14.6. The fourth-order valence-electron chi connectivity index (χ4n) is 3.09. The number of nitrogens with zero attached hydrogens (tertiary/aromatic N) is 3. The van der Waals surface area contributed by atoms with Crippen molar-refractivity contribution in [3.8, 4) is 0 Å². The number of carbonyl (C=O) groups excluding carboxylic acids is 3. The van der Waals surface area contributed by atoms with Crippen molar-refractivity contribution in [2.75, 3.05) is 18.2 Å². The van der Waals surface area contributed by atoms with E-state index in [-0.39, 0.29) is 24.1 Å². The number of aromatic nitrogens is 3. The Morgan fingerprint density at radius 3 is 2.45 bits per heavy atom. The highest BCUT2D eigenvalue weighted by atomic mass is 32.2. The first-order chi connectivity index (χ1) is 15.9. The zero-order chi connectivity index (χ0) is 23.8. The second-order valence-corrected chi connectivity index (χ2v) is 7.99. The molecular weight excluding hydrogens is 442 g/mol. The zero-order valence-corrected chi connectivity index (χ0v) is 19.4. The Morgan fingerprint density at radius 1 is 1.06 bits per heavy atom. The number of hydrogen-bond donors (Lipinski definition) is 2. The third-order valence-corrected chi connectivity index (χ3v) is 5.80. The maximum absolute atomic E-state index is 12.5. The highest BCUT2D eigenvalue weighted by Gasteiger charge is 2.15. The van der Waals surface area contributed by atoms with Crippen molar-refractivity contribution in [2.45, 2.75) is 32.1 Å². The van der Waals surface area contributed by atoms with E-state index in [1.807, 2.05) is 36.6 Å². The summed E-state index contributed by atoms with van der Waals surface area (Å²) in [6, 6.07) is 13.8. The van der Waals surface area contributed by atoms with Gasteiger partial charge in [0.25, 0.3) is 5.91 Å². The number of aryl methyl sites for hydroxylation is 1. The summed E-state index contributed by atoms with van der Waals surface area (Å²) in [7, 11) is 1.31. The lowest BCUT2D eigenvalue weighted by molar-refractivity contribution is -0.113. The van der Waals surface area contributed by atoms with Crippen LogP contribution in [-0.2, 0) is 22.6 Å². The summed E-state index contributed by atoms with van der Waals surface area (Å²) in [5.74, 6) is -0.0858. The van der Waals surface area contributed by atoms with Crippen LogP contribution in [0.4, 0.5) is 5.69 Å². The van der Waals surface area contributed by atoms with E-state index >= 15 is 0 Å². The van der Waals surface area contributed by atoms with Gasteiger partial charge in [-0.3, -0.25) is 9.59 Å². The molecule has 3 aromatic rings. The number of ether oxygens (including phenoxy) is 1. The summed E-state index contributed by atoms with van der Waals surface area (Å²) in [6.45, 7) is 4.66. The van der Waals surface area contributed by atoms with Crippen LogP contribution in [0.3, 0.4) is 0 Å². The Bertz CT molecular complexity index is 1140. The molecule has 0 radical (unpaired) electrons. The van der Waals surface area contributed by atoms with E-state index in [0.29, 0.717) is 34.3 Å². The largest absolute Gasteiger partial charge is 0.465 e. The number of rotatable bonds is 9. The van der Waals surface area contributed by atoms with Gasteiger partial charge in [0, 0.05) is 17.8 Å². The second kappa shape index (κ2) is 11.3. The molecule has 0 unspecified atom stereocenters. The smallest absolute Gasteiger partial charge is 0.337 e. The topological polar surface area (TPSA) is 115 Å². The van der Waals surface area contributed by atoms with Gasteiger partial charge in [-0.15, -0.1) is 10.2 Å². The SMILES string of the molecule is CCn1c(CNC(=O)c2ccccc2C)nnc1SCC(=O)Nc1ccc(C(=O)OC)cc1. The molecule has 2 N–H and O–H groups in total. The fraction of sp³-hybridized carbons (Fsp3) is 0.261. The van der Waals surface area contributed by atoms with Crippen LogP contribution in [0, 0.1) is 6.92 Å². The highest BCUT2D eigenvalue weighted by molar-refractivity contribution is 7.99. The van der Waals surface area contributed by atoms with Crippen molar-refractivity contribution >= 4 is 35.2 Å². The van der Waals surface area contributed by atoms with E-state index in [4.69, 9.17) is 0 Å². The molecule has 33 heavy (non-hydrogen) atoms. The van der Waals surface area contributed by atoms with Gasteiger partial charge in [-0.2, -0.15) is 0 Å². The van der Waals surface area contributed by atoms with E-state index in [2.05, 4.69) is 25.6 Å². The second-order valence-electron chi connectivity index (χ2n) is 7.05. The van der Waals surface area contributed by atoms with Gasteiger partial charge in [0.2, 0.25) is 5.91 Å². The highest BCUT2D eigenvalue weighted by Crippen LogP contribution is 2.18. The van der Waals surface area contributed by atoms with Crippen molar-refractivity contribution in [2.24, 2.45) is 0 Å². The van der Waals surface area contributed by atoms with Crippen LogP contribution in [-0.4, -0.2) is 45.4 Å². The Morgan fingerprint density at radius 2 is 1.79 bits per heavy atom. The predicted molar refractivity (Wildman–Crippen MR) is 125 cm³/mol. The molecule has 9 nitrogen and oxygen atoms in total. The minimum absolute atomic E-state index is 0.131. The summed E-state index contributed by atoms with van der Waals surface area (Å²) in [4.78, 5) is 36.3. The third-order valence-electron chi connectivity index (χ3n) is 4.83. The molecule has 0 bridgehead atoms. The number of methoxy groups -OCH3 is 1. The van der Waals surface area contributed by atoms with Crippen LogP contribution in [0.15, 0.2) is 53.7 Å². The molecule has 0 aliphatic heterocycles. The Labute approximate surface area is 195 Å². The number of amides is 2. The molecule has 2 amide bonds. The molecule has 1 aromatic heterocycles. The molecule has 3 rings (SSSR count). The molecule has 10 heteroatoms. The van der Waals surface area contributed by atoms with Crippen molar-refractivity contribution in [1.29, 1.82) is 0 Å². The number of esters is 1. The van der Waals surface area contributed by atoms with Crippen molar-refractivity contribution < 1.29 is 19.1 Å². The molecule has 1 heterocycles. The Kier molecular flexibility index (Phi) is 8.20. The molecule has 0 spiro atoms. The molecule has 0 aliphatic rings. The predicted octanol–water partition coefficient (Wildman–Crippen LogP) is 3.05. The first-order valence-corrected chi connectivity index (χ1v) is 11.3. The van der Waals surface area contributed by atoms with Crippen LogP contribution >= 0.6 is 11.8 Å². The number of anilines is 1. The molecular formula is C23H25N5O4S. The van der Waals surface area contributed by atoms with Gasteiger partial charge in [0.05, 0.1) is 25.0 Å². The van der Waals surface area contributed by atoms with E-state index in [1.165, 1.54) is 18.9 Å². The van der Waals surface area contributed by atoms with Crippen molar-refractivity contribution in [3.63, 3.8) is 0 Å². The van der Waals surface area contributed by atoms with E-state index in [9.17, 15) is 14.4 Å². The lowest BCUT2D eigenvalue weighted by Crippen LogP contribution is -2.25. The average Bonchev–Trinajstić information content (AvgIpc) is 3.23. The molecule has 172 valence electrons. The molecule has 0 atom stereocenters. The number of hydrogen-bond acceptors (Lipinski definition) is 7. The lowest BCUT2D eigenvalue weighted by atomic mass is 10.1. The zero-order valence-electron chi connectivity index (χ0n) is 18.6. The standard InChI is InChI=1S/C23H25N5O4S/c1-4-28-19(13-24-21(30)18-8-6-5-7-15(18)2)26-27-23(28)33-14-20(29)25-17-11-9-16(10-12-17)22(31)32-3/h5-12H,4,13-14H2,1-3H3,(H,24,30)(H,25,29). The van der Waals surface area contributed by atoms with Crippen LogP contribution in [0.1, 0.15) is 39.0 Å². The quantitative estimate of drug-likeness (QED) is 0.367.